The SMILES string of the molecule is CCCCC(CC(C)CC)c1ccccc1C.Cc1ccccc1. The summed E-state index contributed by atoms with van der Waals surface area (Å²) in [6, 6.07) is 19.2. The molecule has 0 bridgehead atoms. The lowest BCUT2D eigenvalue weighted by molar-refractivity contribution is 0.428. The van der Waals surface area contributed by atoms with Gasteiger partial charge in [-0.3, -0.25) is 0 Å². The molecule has 0 heteroatoms. The van der Waals surface area contributed by atoms with Crippen molar-refractivity contribution < 1.29 is 0 Å². The first-order valence-electron chi connectivity index (χ1n) is 9.65. The van der Waals surface area contributed by atoms with Crippen LogP contribution >= 0.6 is 0 Å². The van der Waals surface area contributed by atoms with Crippen LogP contribution in [0.15, 0.2) is 54.6 Å². The maximum absolute atomic E-state index is 2.39. The molecule has 2 aromatic carbocycles. The number of benzene rings is 2. The second-order valence-corrected chi connectivity index (χ2v) is 7.10. The number of hydrogen-bond donors (Lipinski definition) is 0. The molecule has 0 saturated carbocycles. The van der Waals surface area contributed by atoms with Crippen molar-refractivity contribution in [3.8, 4) is 0 Å². The molecule has 0 radical (unpaired) electrons. The molecule has 0 nitrogen and oxygen atoms in total. The predicted molar refractivity (Wildman–Crippen MR) is 109 cm³/mol. The van der Waals surface area contributed by atoms with Crippen molar-refractivity contribution >= 4 is 0 Å². The lowest BCUT2D eigenvalue weighted by Crippen LogP contribution is -2.06. The standard InChI is InChI=1S/C17H28.C7H8/c1-5-7-11-16(13-14(3)6-2)17-12-9-8-10-15(17)4;1-7-5-3-2-4-6-7/h8-10,12,14,16H,5-7,11,13H2,1-4H3;2-6H,1H3. The van der Waals surface area contributed by atoms with E-state index in [4.69, 9.17) is 0 Å². The molecule has 0 aliphatic heterocycles. The number of unbranched alkanes of at least 4 members (excludes halogenated alkanes) is 1. The van der Waals surface area contributed by atoms with Gasteiger partial charge in [0.05, 0.1) is 0 Å². The molecule has 0 spiro atoms. The van der Waals surface area contributed by atoms with E-state index in [0.29, 0.717) is 0 Å². The third-order valence-electron chi connectivity index (χ3n) is 4.86. The van der Waals surface area contributed by atoms with Gasteiger partial charge >= 0.3 is 0 Å². The van der Waals surface area contributed by atoms with E-state index in [9.17, 15) is 0 Å². The van der Waals surface area contributed by atoms with Crippen molar-refractivity contribution in [2.75, 3.05) is 0 Å². The summed E-state index contributed by atoms with van der Waals surface area (Å²) in [5.41, 5.74) is 4.38. The summed E-state index contributed by atoms with van der Waals surface area (Å²) < 4.78 is 0. The monoisotopic (exact) mass is 324 g/mol. The van der Waals surface area contributed by atoms with E-state index < -0.39 is 0 Å². The molecule has 0 saturated heterocycles. The van der Waals surface area contributed by atoms with E-state index in [1.165, 1.54) is 43.2 Å². The van der Waals surface area contributed by atoms with E-state index >= 15 is 0 Å². The van der Waals surface area contributed by atoms with Gasteiger partial charge in [0.25, 0.3) is 0 Å². The van der Waals surface area contributed by atoms with Gasteiger partial charge in [0, 0.05) is 0 Å². The Morgan fingerprint density at radius 2 is 1.46 bits per heavy atom. The summed E-state index contributed by atoms with van der Waals surface area (Å²) in [6.07, 6.45) is 6.67. The van der Waals surface area contributed by atoms with Crippen LogP contribution in [0, 0.1) is 19.8 Å². The Morgan fingerprint density at radius 1 is 0.833 bits per heavy atom. The van der Waals surface area contributed by atoms with Crippen LogP contribution in [-0.4, -0.2) is 0 Å². The van der Waals surface area contributed by atoms with Crippen molar-refractivity contribution in [2.45, 2.75) is 72.6 Å². The average molecular weight is 325 g/mol. The molecule has 2 unspecified atom stereocenters. The second kappa shape index (κ2) is 11.9. The summed E-state index contributed by atoms with van der Waals surface area (Å²) in [4.78, 5) is 0. The molecule has 2 aromatic rings. The van der Waals surface area contributed by atoms with Gasteiger partial charge in [0.15, 0.2) is 0 Å². The van der Waals surface area contributed by atoms with Gasteiger partial charge in [-0.25, -0.2) is 0 Å². The Labute approximate surface area is 150 Å². The van der Waals surface area contributed by atoms with Gasteiger partial charge in [-0.05, 0) is 49.7 Å². The van der Waals surface area contributed by atoms with Crippen LogP contribution in [0.1, 0.15) is 75.5 Å². The Morgan fingerprint density at radius 3 is 1.96 bits per heavy atom. The van der Waals surface area contributed by atoms with Crippen molar-refractivity contribution in [3.05, 3.63) is 71.3 Å². The van der Waals surface area contributed by atoms with Crippen molar-refractivity contribution in [1.29, 1.82) is 0 Å². The third kappa shape index (κ3) is 7.81. The fourth-order valence-electron chi connectivity index (χ4n) is 3.08. The fraction of sp³-hybridized carbons (Fsp3) is 0.500. The minimum Gasteiger partial charge on any atom is -0.0654 e. The van der Waals surface area contributed by atoms with Crippen LogP contribution in [0.3, 0.4) is 0 Å². The summed E-state index contributed by atoms with van der Waals surface area (Å²) in [5, 5.41) is 0. The van der Waals surface area contributed by atoms with E-state index in [-0.39, 0.29) is 0 Å². The molecular formula is C24H36. The highest BCUT2D eigenvalue weighted by Gasteiger charge is 2.15. The van der Waals surface area contributed by atoms with E-state index in [2.05, 4.69) is 71.0 Å². The van der Waals surface area contributed by atoms with Gasteiger partial charge < -0.3 is 0 Å². The van der Waals surface area contributed by atoms with Crippen LogP contribution in [0.2, 0.25) is 0 Å². The maximum Gasteiger partial charge on any atom is -0.0157 e. The summed E-state index contributed by atoms with van der Waals surface area (Å²) >= 11 is 0. The Bertz CT molecular complexity index is 541. The lowest BCUT2D eigenvalue weighted by atomic mass is 9.83. The highest BCUT2D eigenvalue weighted by molar-refractivity contribution is 5.29. The zero-order valence-electron chi connectivity index (χ0n) is 16.4. The zero-order chi connectivity index (χ0) is 17.8. The number of rotatable bonds is 7. The first-order valence-corrected chi connectivity index (χ1v) is 9.65. The minimum absolute atomic E-state index is 0.770. The van der Waals surface area contributed by atoms with Crippen molar-refractivity contribution in [1.82, 2.24) is 0 Å². The maximum atomic E-state index is 2.39. The molecule has 0 N–H and O–H groups in total. The molecule has 24 heavy (non-hydrogen) atoms. The smallest absolute Gasteiger partial charge is 0.0157 e. The van der Waals surface area contributed by atoms with Gasteiger partial charge in [0.1, 0.15) is 0 Å². The molecule has 0 amide bonds. The molecule has 2 rings (SSSR count). The fourth-order valence-corrected chi connectivity index (χ4v) is 3.08. The predicted octanol–water partition coefficient (Wildman–Crippen LogP) is 7.70. The first kappa shape index (κ1) is 20.5. The first-order chi connectivity index (χ1) is 11.6. The Kier molecular flexibility index (Phi) is 10.2. The highest BCUT2D eigenvalue weighted by atomic mass is 14.2. The normalized spacial score (nSPS) is 12.9. The Balaban J connectivity index is 0.000000341. The summed E-state index contributed by atoms with van der Waals surface area (Å²) in [5.74, 6) is 1.61. The van der Waals surface area contributed by atoms with Crippen LogP contribution in [0.25, 0.3) is 0 Å². The summed E-state index contributed by atoms with van der Waals surface area (Å²) in [7, 11) is 0. The van der Waals surface area contributed by atoms with Crippen LogP contribution in [-0.2, 0) is 0 Å². The van der Waals surface area contributed by atoms with E-state index in [0.717, 1.165) is 11.8 Å². The van der Waals surface area contributed by atoms with Crippen LogP contribution < -0.4 is 0 Å². The van der Waals surface area contributed by atoms with Gasteiger partial charge in [-0.15, -0.1) is 0 Å². The highest BCUT2D eigenvalue weighted by Crippen LogP contribution is 2.31. The molecular weight excluding hydrogens is 288 g/mol. The average Bonchev–Trinajstić information content (AvgIpc) is 2.60. The number of hydrogen-bond acceptors (Lipinski definition) is 0. The quantitative estimate of drug-likeness (QED) is 0.489. The van der Waals surface area contributed by atoms with Crippen LogP contribution in [0.4, 0.5) is 0 Å². The van der Waals surface area contributed by atoms with Crippen molar-refractivity contribution in [3.63, 3.8) is 0 Å². The van der Waals surface area contributed by atoms with Gasteiger partial charge in [-0.2, -0.15) is 0 Å². The second-order valence-electron chi connectivity index (χ2n) is 7.10. The molecule has 0 heterocycles. The zero-order valence-corrected chi connectivity index (χ0v) is 16.4. The van der Waals surface area contributed by atoms with Crippen molar-refractivity contribution in [2.24, 2.45) is 5.92 Å². The van der Waals surface area contributed by atoms with E-state index in [1.54, 1.807) is 5.56 Å². The minimum atomic E-state index is 0.770. The molecule has 0 aromatic heterocycles. The molecule has 0 fully saturated rings. The Hall–Kier alpha value is -1.56. The summed E-state index contributed by atoms with van der Waals surface area (Å²) in [6.45, 7) is 11.3. The molecule has 132 valence electrons. The lowest BCUT2D eigenvalue weighted by Gasteiger charge is -2.22. The van der Waals surface area contributed by atoms with Crippen LogP contribution in [0.5, 0.6) is 0 Å². The molecule has 0 aliphatic carbocycles. The van der Waals surface area contributed by atoms with Gasteiger partial charge in [0.2, 0.25) is 0 Å². The number of aryl methyl sites for hydroxylation is 2. The topological polar surface area (TPSA) is 0 Å². The van der Waals surface area contributed by atoms with Gasteiger partial charge in [-0.1, -0.05) is 100 Å². The largest absolute Gasteiger partial charge is 0.0654 e. The molecule has 0 aliphatic rings. The van der Waals surface area contributed by atoms with E-state index in [1.807, 2.05) is 18.2 Å². The molecule has 2 atom stereocenters. The third-order valence-corrected chi connectivity index (χ3v) is 4.86.